The van der Waals surface area contributed by atoms with Crippen molar-refractivity contribution in [2.24, 2.45) is 0 Å². The van der Waals surface area contributed by atoms with E-state index < -0.39 is 4.92 Å². The molecule has 0 bridgehead atoms. The molecule has 1 aromatic carbocycles. The van der Waals surface area contributed by atoms with Crippen molar-refractivity contribution in [3.8, 4) is 0 Å². The van der Waals surface area contributed by atoms with E-state index in [0.717, 1.165) is 6.42 Å². The molecule has 0 radical (unpaired) electrons. The van der Waals surface area contributed by atoms with Crippen molar-refractivity contribution >= 4 is 22.9 Å². The van der Waals surface area contributed by atoms with Gasteiger partial charge in [-0.2, -0.15) is 0 Å². The van der Waals surface area contributed by atoms with E-state index in [-0.39, 0.29) is 17.6 Å². The van der Waals surface area contributed by atoms with Crippen molar-refractivity contribution in [2.75, 3.05) is 0 Å². The molecule has 0 fully saturated rings. The van der Waals surface area contributed by atoms with Crippen LogP contribution in [-0.4, -0.2) is 16.9 Å². The normalized spacial score (nSPS) is 11.9. The van der Waals surface area contributed by atoms with Crippen molar-refractivity contribution in [3.05, 3.63) is 61.8 Å². The summed E-state index contributed by atoms with van der Waals surface area (Å²) in [6.07, 6.45) is 0.773. The average molecular weight is 304 g/mol. The molecule has 1 N–H and O–H groups in total. The van der Waals surface area contributed by atoms with Crippen LogP contribution >= 0.6 is 11.3 Å². The molecule has 2 aromatic rings. The third-order valence-electron chi connectivity index (χ3n) is 3.12. The van der Waals surface area contributed by atoms with E-state index in [1.165, 1.54) is 17.0 Å². The summed E-state index contributed by atoms with van der Waals surface area (Å²) in [6, 6.07) is 8.42. The Labute approximate surface area is 126 Å². The molecule has 5 nitrogen and oxygen atoms in total. The first kappa shape index (κ1) is 15.2. The molecule has 1 atom stereocenters. The van der Waals surface area contributed by atoms with Gasteiger partial charge in [0.1, 0.15) is 0 Å². The molecule has 1 unspecified atom stereocenters. The summed E-state index contributed by atoms with van der Waals surface area (Å²) in [5, 5.41) is 15.7. The van der Waals surface area contributed by atoms with Gasteiger partial charge in [0.25, 0.3) is 11.6 Å². The fraction of sp³-hybridized carbons (Fsp3) is 0.267. The van der Waals surface area contributed by atoms with Gasteiger partial charge in [-0.3, -0.25) is 14.9 Å². The first-order valence-electron chi connectivity index (χ1n) is 6.55. The SMILES string of the molecule is Cc1cc(C(=O)NC(C)Cc2cccs2)ccc1[N+](=O)[O-]. The Balaban J connectivity index is 2.03. The minimum absolute atomic E-state index is 0.00616. The Morgan fingerprint density at radius 1 is 1.43 bits per heavy atom. The monoisotopic (exact) mass is 304 g/mol. The third kappa shape index (κ3) is 3.88. The maximum Gasteiger partial charge on any atom is 0.272 e. The minimum Gasteiger partial charge on any atom is -0.349 e. The molecule has 0 aliphatic carbocycles. The van der Waals surface area contributed by atoms with E-state index in [1.54, 1.807) is 24.3 Å². The number of nitro benzene ring substituents is 1. The Hall–Kier alpha value is -2.21. The van der Waals surface area contributed by atoms with Gasteiger partial charge in [-0.15, -0.1) is 11.3 Å². The number of hydrogen-bond acceptors (Lipinski definition) is 4. The van der Waals surface area contributed by atoms with Crippen LogP contribution in [0.5, 0.6) is 0 Å². The van der Waals surface area contributed by atoms with Gasteiger partial charge in [0.15, 0.2) is 0 Å². The van der Waals surface area contributed by atoms with Gasteiger partial charge in [0.2, 0.25) is 0 Å². The topological polar surface area (TPSA) is 72.2 Å². The molecule has 1 aromatic heterocycles. The maximum atomic E-state index is 12.1. The van der Waals surface area contributed by atoms with E-state index in [1.807, 2.05) is 24.4 Å². The van der Waals surface area contributed by atoms with Gasteiger partial charge < -0.3 is 5.32 Å². The number of aryl methyl sites for hydroxylation is 1. The lowest BCUT2D eigenvalue weighted by Crippen LogP contribution is -2.33. The van der Waals surface area contributed by atoms with Crippen LogP contribution in [0.25, 0.3) is 0 Å². The van der Waals surface area contributed by atoms with Gasteiger partial charge >= 0.3 is 0 Å². The molecule has 0 spiro atoms. The van der Waals surface area contributed by atoms with Crippen LogP contribution in [0.3, 0.4) is 0 Å². The highest BCUT2D eigenvalue weighted by molar-refractivity contribution is 7.09. The fourth-order valence-corrected chi connectivity index (χ4v) is 2.93. The minimum atomic E-state index is -0.448. The van der Waals surface area contributed by atoms with E-state index in [9.17, 15) is 14.9 Å². The van der Waals surface area contributed by atoms with Crippen LogP contribution in [0, 0.1) is 17.0 Å². The molecule has 0 saturated heterocycles. The van der Waals surface area contributed by atoms with Gasteiger partial charge in [0, 0.05) is 34.5 Å². The average Bonchev–Trinajstić information content (AvgIpc) is 2.90. The summed E-state index contributed by atoms with van der Waals surface area (Å²) in [6.45, 7) is 3.57. The summed E-state index contributed by atoms with van der Waals surface area (Å²) in [4.78, 5) is 23.7. The zero-order valence-electron chi connectivity index (χ0n) is 11.8. The summed E-state index contributed by atoms with van der Waals surface area (Å²) < 4.78 is 0. The molecule has 2 rings (SSSR count). The largest absolute Gasteiger partial charge is 0.349 e. The fourth-order valence-electron chi connectivity index (χ4n) is 2.09. The molecule has 0 aliphatic rings. The second-order valence-electron chi connectivity index (χ2n) is 4.92. The van der Waals surface area contributed by atoms with Gasteiger partial charge in [-0.1, -0.05) is 6.07 Å². The number of amides is 1. The number of hydrogen-bond donors (Lipinski definition) is 1. The Kier molecular flexibility index (Phi) is 4.70. The second kappa shape index (κ2) is 6.49. The Bertz CT molecular complexity index is 653. The summed E-state index contributed by atoms with van der Waals surface area (Å²) in [5.74, 6) is -0.211. The first-order chi connectivity index (χ1) is 9.97. The molecule has 0 saturated carbocycles. The molecule has 21 heavy (non-hydrogen) atoms. The molecular weight excluding hydrogens is 288 g/mol. The number of nitro groups is 1. The quantitative estimate of drug-likeness (QED) is 0.680. The van der Waals surface area contributed by atoms with Crippen molar-refractivity contribution in [2.45, 2.75) is 26.3 Å². The van der Waals surface area contributed by atoms with Crippen LogP contribution in [0.1, 0.15) is 27.7 Å². The van der Waals surface area contributed by atoms with E-state index >= 15 is 0 Å². The first-order valence-corrected chi connectivity index (χ1v) is 7.43. The van der Waals surface area contributed by atoms with Gasteiger partial charge in [-0.05, 0) is 37.4 Å². The lowest BCUT2D eigenvalue weighted by Gasteiger charge is -2.13. The van der Waals surface area contributed by atoms with Crippen molar-refractivity contribution < 1.29 is 9.72 Å². The summed E-state index contributed by atoms with van der Waals surface area (Å²) in [5.41, 5.74) is 0.952. The van der Waals surface area contributed by atoms with E-state index in [0.29, 0.717) is 11.1 Å². The number of thiophene rings is 1. The lowest BCUT2D eigenvalue weighted by atomic mass is 10.1. The predicted octanol–water partition coefficient (Wildman–Crippen LogP) is 3.33. The number of benzene rings is 1. The molecule has 1 heterocycles. The van der Waals surface area contributed by atoms with E-state index in [4.69, 9.17) is 0 Å². The van der Waals surface area contributed by atoms with E-state index in [2.05, 4.69) is 5.32 Å². The summed E-state index contributed by atoms with van der Waals surface area (Å²) in [7, 11) is 0. The zero-order valence-corrected chi connectivity index (χ0v) is 12.6. The highest BCUT2D eigenvalue weighted by Gasteiger charge is 2.15. The molecular formula is C15H16N2O3S. The highest BCUT2D eigenvalue weighted by Crippen LogP contribution is 2.19. The number of nitrogens with one attached hydrogen (secondary N) is 1. The van der Waals surface area contributed by atoms with Crippen molar-refractivity contribution in [1.82, 2.24) is 5.32 Å². The summed E-state index contributed by atoms with van der Waals surface area (Å²) >= 11 is 1.66. The predicted molar refractivity (Wildman–Crippen MR) is 82.8 cm³/mol. The van der Waals surface area contributed by atoms with Crippen LogP contribution in [-0.2, 0) is 6.42 Å². The molecule has 110 valence electrons. The van der Waals surface area contributed by atoms with Crippen LogP contribution in [0.15, 0.2) is 35.7 Å². The number of nitrogens with zero attached hydrogens (tertiary/aromatic N) is 1. The molecule has 0 aliphatic heterocycles. The van der Waals surface area contributed by atoms with Gasteiger partial charge in [-0.25, -0.2) is 0 Å². The number of carbonyl (C=O) groups is 1. The lowest BCUT2D eigenvalue weighted by molar-refractivity contribution is -0.385. The van der Waals surface area contributed by atoms with Crippen LogP contribution in [0.2, 0.25) is 0 Å². The van der Waals surface area contributed by atoms with Gasteiger partial charge in [0.05, 0.1) is 4.92 Å². The smallest absolute Gasteiger partial charge is 0.272 e. The van der Waals surface area contributed by atoms with Crippen molar-refractivity contribution in [1.29, 1.82) is 0 Å². The van der Waals surface area contributed by atoms with Crippen LogP contribution in [0.4, 0.5) is 5.69 Å². The maximum absolute atomic E-state index is 12.1. The molecule has 6 heteroatoms. The van der Waals surface area contributed by atoms with Crippen LogP contribution < -0.4 is 5.32 Å². The standard InChI is InChI=1S/C15H16N2O3S/c1-10-8-12(5-6-14(10)17(19)20)15(18)16-11(2)9-13-4-3-7-21-13/h3-8,11H,9H2,1-2H3,(H,16,18). The Morgan fingerprint density at radius 3 is 2.76 bits per heavy atom. The highest BCUT2D eigenvalue weighted by atomic mass is 32.1. The second-order valence-corrected chi connectivity index (χ2v) is 5.95. The zero-order chi connectivity index (χ0) is 15.4. The molecule has 1 amide bonds. The van der Waals surface area contributed by atoms with Crippen molar-refractivity contribution in [3.63, 3.8) is 0 Å². The Morgan fingerprint density at radius 2 is 2.19 bits per heavy atom. The number of carbonyl (C=O) groups excluding carboxylic acids is 1. The number of rotatable bonds is 5. The third-order valence-corrected chi connectivity index (χ3v) is 4.02.